The fraction of sp³-hybridized carbons (Fsp3) is 0.333. The van der Waals surface area contributed by atoms with Gasteiger partial charge in [0, 0.05) is 17.5 Å². The number of amides is 1. The number of esters is 1. The average Bonchev–Trinajstić information content (AvgIpc) is 2.77. The number of para-hydroxylation sites is 1. The van der Waals surface area contributed by atoms with Crippen LogP contribution in [0.1, 0.15) is 42.5 Å². The van der Waals surface area contributed by atoms with E-state index in [4.69, 9.17) is 14.2 Å². The molecule has 2 N–H and O–H groups in total. The number of anilines is 1. The number of nitrogens with one attached hydrogen (secondary N) is 2. The molecule has 0 atom stereocenters. The van der Waals surface area contributed by atoms with Gasteiger partial charge in [-0.05, 0) is 18.6 Å². The molecule has 0 radical (unpaired) electrons. The summed E-state index contributed by atoms with van der Waals surface area (Å²) in [6.45, 7) is 6.85. The molecular formula is C24H27N3O6. The van der Waals surface area contributed by atoms with Crippen LogP contribution in [0, 0.1) is 12.3 Å². The summed E-state index contributed by atoms with van der Waals surface area (Å²) < 4.78 is 16.0. The van der Waals surface area contributed by atoms with Crippen molar-refractivity contribution in [1.82, 2.24) is 9.97 Å². The van der Waals surface area contributed by atoms with E-state index in [1.54, 1.807) is 32.9 Å². The van der Waals surface area contributed by atoms with Crippen LogP contribution in [0.25, 0.3) is 10.9 Å². The predicted octanol–water partition coefficient (Wildman–Crippen LogP) is 3.59. The van der Waals surface area contributed by atoms with Crippen molar-refractivity contribution in [2.24, 2.45) is 5.41 Å². The van der Waals surface area contributed by atoms with E-state index in [0.29, 0.717) is 22.4 Å². The maximum absolute atomic E-state index is 13.0. The third-order valence-electron chi connectivity index (χ3n) is 5.00. The number of carbonyl (C=O) groups excluding carboxylic acids is 2. The van der Waals surface area contributed by atoms with Crippen LogP contribution < -0.4 is 20.3 Å². The number of aromatic amines is 1. The summed E-state index contributed by atoms with van der Waals surface area (Å²) in [6.07, 6.45) is 0. The van der Waals surface area contributed by atoms with E-state index in [9.17, 15) is 14.4 Å². The van der Waals surface area contributed by atoms with Crippen molar-refractivity contribution < 1.29 is 23.8 Å². The summed E-state index contributed by atoms with van der Waals surface area (Å²) in [5, 5.41) is 3.20. The van der Waals surface area contributed by atoms with Gasteiger partial charge >= 0.3 is 5.97 Å². The van der Waals surface area contributed by atoms with Gasteiger partial charge in [0.2, 0.25) is 5.91 Å². The maximum Gasteiger partial charge on any atom is 0.340 e. The minimum absolute atomic E-state index is 0.0737. The van der Waals surface area contributed by atoms with Gasteiger partial charge in [-0.15, -0.1) is 0 Å². The molecule has 0 fully saturated rings. The number of rotatable bonds is 6. The minimum atomic E-state index is -0.729. The van der Waals surface area contributed by atoms with Gasteiger partial charge in [-0.3, -0.25) is 9.59 Å². The summed E-state index contributed by atoms with van der Waals surface area (Å²) in [6, 6.07) is 8.23. The second-order valence-electron chi connectivity index (χ2n) is 8.52. The Morgan fingerprint density at radius 2 is 1.76 bits per heavy atom. The number of carbonyl (C=O) groups is 2. The number of fused-ring (bicyclic) bond motifs is 1. The van der Waals surface area contributed by atoms with E-state index in [2.05, 4.69) is 15.3 Å². The lowest BCUT2D eigenvalue weighted by atomic mass is 9.95. The molecule has 1 aromatic heterocycles. The smallest absolute Gasteiger partial charge is 0.340 e. The average molecular weight is 453 g/mol. The molecule has 3 aromatic rings. The molecule has 1 heterocycles. The Morgan fingerprint density at radius 1 is 1.09 bits per heavy atom. The molecule has 3 rings (SSSR count). The third kappa shape index (κ3) is 5.14. The van der Waals surface area contributed by atoms with Crippen LogP contribution in [0.5, 0.6) is 11.5 Å². The molecule has 9 nitrogen and oxygen atoms in total. The molecule has 0 saturated carbocycles. The van der Waals surface area contributed by atoms with Gasteiger partial charge in [-0.2, -0.15) is 0 Å². The number of nitrogens with zero attached hydrogens (tertiary/aromatic N) is 1. The molecular weight excluding hydrogens is 426 g/mol. The number of H-pyrrole nitrogens is 1. The summed E-state index contributed by atoms with van der Waals surface area (Å²) in [7, 11) is 2.89. The summed E-state index contributed by atoms with van der Waals surface area (Å²) >= 11 is 0. The quantitative estimate of drug-likeness (QED) is 0.547. The predicted molar refractivity (Wildman–Crippen MR) is 124 cm³/mol. The highest BCUT2D eigenvalue weighted by molar-refractivity contribution is 6.03. The number of methoxy groups -OCH3 is 2. The SMILES string of the molecule is COc1cc(NC(=O)C(C)(C)C)c(C(=O)OCc2nc3c(C)cccc3c(=O)[nH]2)cc1OC. The molecule has 33 heavy (non-hydrogen) atoms. The number of aromatic nitrogens is 2. The molecule has 174 valence electrons. The monoisotopic (exact) mass is 453 g/mol. The first-order valence-corrected chi connectivity index (χ1v) is 10.3. The van der Waals surface area contributed by atoms with Crippen molar-refractivity contribution >= 4 is 28.5 Å². The fourth-order valence-electron chi connectivity index (χ4n) is 3.09. The Bertz CT molecular complexity index is 1270. The highest BCUT2D eigenvalue weighted by Gasteiger charge is 2.25. The Balaban J connectivity index is 1.92. The molecule has 9 heteroatoms. The zero-order valence-electron chi connectivity index (χ0n) is 19.5. The van der Waals surface area contributed by atoms with Gasteiger partial charge in [-0.25, -0.2) is 9.78 Å². The molecule has 0 aliphatic carbocycles. The van der Waals surface area contributed by atoms with Crippen LogP contribution in [-0.4, -0.2) is 36.1 Å². The second-order valence-corrected chi connectivity index (χ2v) is 8.52. The first kappa shape index (κ1) is 23.8. The lowest BCUT2D eigenvalue weighted by Crippen LogP contribution is -2.28. The molecule has 0 spiro atoms. The highest BCUT2D eigenvalue weighted by Crippen LogP contribution is 2.34. The zero-order valence-corrected chi connectivity index (χ0v) is 19.5. The lowest BCUT2D eigenvalue weighted by Gasteiger charge is -2.20. The van der Waals surface area contributed by atoms with Gasteiger partial charge < -0.3 is 24.5 Å². The van der Waals surface area contributed by atoms with Crippen LogP contribution in [0.15, 0.2) is 35.1 Å². The first-order valence-electron chi connectivity index (χ1n) is 10.3. The Morgan fingerprint density at radius 3 is 2.39 bits per heavy atom. The topological polar surface area (TPSA) is 120 Å². The van der Waals surface area contributed by atoms with Gasteiger partial charge in [0.25, 0.3) is 5.56 Å². The molecule has 2 aromatic carbocycles. The first-order chi connectivity index (χ1) is 15.5. The summed E-state index contributed by atoms with van der Waals surface area (Å²) in [4.78, 5) is 44.9. The van der Waals surface area contributed by atoms with Crippen LogP contribution in [0.4, 0.5) is 5.69 Å². The molecule has 0 bridgehead atoms. The van der Waals surface area contributed by atoms with E-state index >= 15 is 0 Å². The van der Waals surface area contributed by atoms with Crippen LogP contribution in [0.3, 0.4) is 0 Å². The molecule has 1 amide bonds. The number of hydrogen-bond donors (Lipinski definition) is 2. The van der Waals surface area contributed by atoms with E-state index in [0.717, 1.165) is 5.56 Å². The Labute approximate surface area is 191 Å². The Kier molecular flexibility index (Phi) is 6.71. The van der Waals surface area contributed by atoms with Gasteiger partial charge in [0.1, 0.15) is 12.4 Å². The van der Waals surface area contributed by atoms with E-state index in [1.807, 2.05) is 13.0 Å². The third-order valence-corrected chi connectivity index (χ3v) is 5.00. The van der Waals surface area contributed by atoms with E-state index < -0.39 is 11.4 Å². The van der Waals surface area contributed by atoms with Crippen LogP contribution in [-0.2, 0) is 16.1 Å². The normalized spacial score (nSPS) is 11.2. The number of hydrogen-bond acceptors (Lipinski definition) is 7. The van der Waals surface area contributed by atoms with Crippen molar-refractivity contribution in [3.8, 4) is 11.5 Å². The number of aryl methyl sites for hydroxylation is 1. The van der Waals surface area contributed by atoms with Crippen LogP contribution in [0.2, 0.25) is 0 Å². The number of ether oxygens (including phenoxy) is 3. The van der Waals surface area contributed by atoms with Crippen molar-refractivity contribution in [3.63, 3.8) is 0 Å². The van der Waals surface area contributed by atoms with Gasteiger partial charge in [0.05, 0.1) is 36.4 Å². The van der Waals surface area contributed by atoms with Crippen molar-refractivity contribution in [2.45, 2.75) is 34.3 Å². The molecule has 0 saturated heterocycles. The van der Waals surface area contributed by atoms with E-state index in [1.165, 1.54) is 26.4 Å². The van der Waals surface area contributed by atoms with Crippen molar-refractivity contribution in [2.75, 3.05) is 19.5 Å². The van der Waals surface area contributed by atoms with Crippen molar-refractivity contribution in [1.29, 1.82) is 0 Å². The number of benzene rings is 2. The second kappa shape index (κ2) is 9.32. The minimum Gasteiger partial charge on any atom is -0.493 e. The summed E-state index contributed by atoms with van der Waals surface area (Å²) in [5.41, 5.74) is 0.646. The standard InChI is InChI=1S/C24H27N3O6/c1-13-8-7-9-14-20(13)26-19(27-21(14)28)12-33-22(29)15-10-17(31-5)18(32-6)11-16(15)25-23(30)24(2,3)4/h7-11H,12H2,1-6H3,(H,25,30)(H,26,27,28). The van der Waals surface area contributed by atoms with Crippen molar-refractivity contribution in [3.05, 3.63) is 57.6 Å². The maximum atomic E-state index is 13.0. The molecule has 0 aliphatic rings. The van der Waals surface area contributed by atoms with Crippen LogP contribution >= 0.6 is 0 Å². The fourth-order valence-corrected chi connectivity index (χ4v) is 3.09. The van der Waals surface area contributed by atoms with Gasteiger partial charge in [0.15, 0.2) is 11.5 Å². The Hall–Kier alpha value is -3.88. The van der Waals surface area contributed by atoms with E-state index in [-0.39, 0.29) is 35.1 Å². The zero-order chi connectivity index (χ0) is 24.3. The summed E-state index contributed by atoms with van der Waals surface area (Å²) in [5.74, 6) is -0.177. The lowest BCUT2D eigenvalue weighted by molar-refractivity contribution is -0.123. The largest absolute Gasteiger partial charge is 0.493 e. The molecule has 0 aliphatic heterocycles. The molecule has 0 unspecified atom stereocenters. The van der Waals surface area contributed by atoms with Gasteiger partial charge in [-0.1, -0.05) is 32.9 Å². The highest BCUT2D eigenvalue weighted by atomic mass is 16.5.